The van der Waals surface area contributed by atoms with Crippen molar-refractivity contribution in [1.82, 2.24) is 4.98 Å². The minimum Gasteiger partial charge on any atom is -0.462 e. The Labute approximate surface area is 105 Å². The Hall–Kier alpha value is -2.63. The van der Waals surface area contributed by atoms with E-state index in [9.17, 15) is 23.7 Å². The van der Waals surface area contributed by atoms with E-state index in [0.717, 1.165) is 0 Å². The van der Waals surface area contributed by atoms with Crippen molar-refractivity contribution in [3.05, 3.63) is 33.1 Å². The number of hydrogen-bond donors (Lipinski definition) is 0. The first-order valence-corrected chi connectivity index (χ1v) is 4.97. The lowest BCUT2D eigenvalue weighted by Crippen LogP contribution is -2.11. The molecule has 1 rings (SSSR count). The molecule has 0 fully saturated rings. The molecule has 1 heterocycles. The van der Waals surface area contributed by atoms with Gasteiger partial charge in [0.15, 0.2) is 11.4 Å². The molecule has 0 N–H and O–H groups in total. The molecule has 0 aliphatic rings. The van der Waals surface area contributed by atoms with Crippen LogP contribution >= 0.6 is 0 Å². The SMILES string of the molecule is CCOC(=O)c1cc([N+](=O)[O-])c(C(F)F)nc1C#N. The van der Waals surface area contributed by atoms with E-state index in [0.29, 0.717) is 6.07 Å². The van der Waals surface area contributed by atoms with Crippen LogP contribution in [0.4, 0.5) is 14.5 Å². The second kappa shape index (κ2) is 5.81. The van der Waals surface area contributed by atoms with Gasteiger partial charge in [-0.25, -0.2) is 18.6 Å². The zero-order chi connectivity index (χ0) is 14.6. The van der Waals surface area contributed by atoms with Crippen molar-refractivity contribution in [2.75, 3.05) is 6.61 Å². The fourth-order valence-electron chi connectivity index (χ4n) is 1.27. The predicted molar refractivity (Wildman–Crippen MR) is 56.5 cm³/mol. The van der Waals surface area contributed by atoms with Gasteiger partial charge in [-0.15, -0.1) is 0 Å². The van der Waals surface area contributed by atoms with Crippen molar-refractivity contribution in [2.24, 2.45) is 0 Å². The van der Waals surface area contributed by atoms with Gasteiger partial charge in [0.05, 0.1) is 11.5 Å². The fourth-order valence-corrected chi connectivity index (χ4v) is 1.27. The van der Waals surface area contributed by atoms with Gasteiger partial charge in [-0.2, -0.15) is 5.26 Å². The van der Waals surface area contributed by atoms with Gasteiger partial charge in [-0.3, -0.25) is 10.1 Å². The molecule has 0 atom stereocenters. The maximum Gasteiger partial charge on any atom is 0.341 e. The molecular weight excluding hydrogens is 264 g/mol. The Balaban J connectivity index is 3.49. The number of esters is 1. The Bertz CT molecular complexity index is 569. The van der Waals surface area contributed by atoms with Crippen LogP contribution in [0.1, 0.15) is 35.1 Å². The second-order valence-electron chi connectivity index (χ2n) is 3.18. The summed E-state index contributed by atoms with van der Waals surface area (Å²) in [6.07, 6.45) is -3.23. The Morgan fingerprint density at radius 3 is 2.74 bits per heavy atom. The average Bonchev–Trinajstić information content (AvgIpc) is 2.37. The molecule has 0 spiro atoms. The molecule has 0 unspecified atom stereocenters. The number of nitriles is 1. The average molecular weight is 271 g/mol. The largest absolute Gasteiger partial charge is 0.462 e. The van der Waals surface area contributed by atoms with Crippen molar-refractivity contribution in [2.45, 2.75) is 13.3 Å². The van der Waals surface area contributed by atoms with Gasteiger partial charge in [0.25, 0.3) is 12.1 Å². The van der Waals surface area contributed by atoms with Crippen LogP contribution in [-0.4, -0.2) is 22.5 Å². The van der Waals surface area contributed by atoms with E-state index in [-0.39, 0.29) is 6.61 Å². The number of rotatable bonds is 4. The summed E-state index contributed by atoms with van der Waals surface area (Å²) < 4.78 is 29.8. The van der Waals surface area contributed by atoms with Gasteiger partial charge < -0.3 is 4.74 Å². The van der Waals surface area contributed by atoms with E-state index in [1.807, 2.05) is 0 Å². The minimum atomic E-state index is -3.23. The summed E-state index contributed by atoms with van der Waals surface area (Å²) in [5.74, 6) is -1.03. The first-order chi connectivity index (χ1) is 8.92. The van der Waals surface area contributed by atoms with Crippen LogP contribution in [0.2, 0.25) is 0 Å². The van der Waals surface area contributed by atoms with Crippen molar-refractivity contribution in [3.8, 4) is 6.07 Å². The molecule has 0 aliphatic heterocycles. The lowest BCUT2D eigenvalue weighted by atomic mass is 10.1. The zero-order valence-electron chi connectivity index (χ0n) is 9.59. The maximum atomic E-state index is 12.6. The smallest absolute Gasteiger partial charge is 0.341 e. The van der Waals surface area contributed by atoms with E-state index < -0.39 is 40.0 Å². The Morgan fingerprint density at radius 1 is 1.68 bits per heavy atom. The molecule has 19 heavy (non-hydrogen) atoms. The molecule has 1 aromatic heterocycles. The van der Waals surface area contributed by atoms with Crippen molar-refractivity contribution in [3.63, 3.8) is 0 Å². The molecule has 9 heteroatoms. The van der Waals surface area contributed by atoms with Crippen LogP contribution in [-0.2, 0) is 4.74 Å². The summed E-state index contributed by atoms with van der Waals surface area (Å²) in [5, 5.41) is 19.4. The monoisotopic (exact) mass is 271 g/mol. The topological polar surface area (TPSA) is 106 Å². The molecule has 100 valence electrons. The van der Waals surface area contributed by atoms with E-state index in [1.54, 1.807) is 0 Å². The maximum absolute atomic E-state index is 12.6. The number of aromatic nitrogens is 1. The molecule has 7 nitrogen and oxygen atoms in total. The van der Waals surface area contributed by atoms with Gasteiger partial charge >= 0.3 is 5.97 Å². The van der Waals surface area contributed by atoms with Crippen LogP contribution in [0, 0.1) is 21.4 Å². The van der Waals surface area contributed by atoms with Crippen molar-refractivity contribution >= 4 is 11.7 Å². The Kier molecular flexibility index (Phi) is 4.41. The van der Waals surface area contributed by atoms with Crippen molar-refractivity contribution in [1.29, 1.82) is 5.26 Å². The number of halogens is 2. The highest BCUT2D eigenvalue weighted by Crippen LogP contribution is 2.29. The number of carbonyl (C=O) groups excluding carboxylic acids is 1. The fraction of sp³-hybridized carbons (Fsp3) is 0.300. The number of nitrogens with zero attached hydrogens (tertiary/aromatic N) is 3. The number of nitro groups is 1. The number of carbonyl (C=O) groups is 1. The first-order valence-electron chi connectivity index (χ1n) is 4.97. The Morgan fingerprint density at radius 2 is 2.32 bits per heavy atom. The lowest BCUT2D eigenvalue weighted by Gasteiger charge is -2.06. The molecule has 1 aromatic rings. The van der Waals surface area contributed by atoms with Crippen LogP contribution in [0.3, 0.4) is 0 Å². The highest BCUT2D eigenvalue weighted by atomic mass is 19.3. The second-order valence-corrected chi connectivity index (χ2v) is 3.18. The first kappa shape index (κ1) is 14.4. The number of ether oxygens (including phenoxy) is 1. The summed E-state index contributed by atoms with van der Waals surface area (Å²) in [7, 11) is 0. The number of pyridine rings is 1. The summed E-state index contributed by atoms with van der Waals surface area (Å²) in [4.78, 5) is 24.2. The van der Waals surface area contributed by atoms with Gasteiger partial charge in [-0.1, -0.05) is 0 Å². The van der Waals surface area contributed by atoms with Gasteiger partial charge in [0, 0.05) is 6.07 Å². The highest BCUT2D eigenvalue weighted by Gasteiger charge is 2.28. The molecule has 0 bridgehead atoms. The quantitative estimate of drug-likeness (QED) is 0.470. The summed E-state index contributed by atoms with van der Waals surface area (Å²) >= 11 is 0. The third-order valence-corrected chi connectivity index (χ3v) is 2.04. The molecule has 0 aliphatic carbocycles. The normalized spacial score (nSPS) is 10.1. The summed E-state index contributed by atoms with van der Waals surface area (Å²) in [6, 6.07) is 2.00. The molecular formula is C10H7F2N3O4. The number of alkyl halides is 2. The van der Waals surface area contributed by atoms with Gasteiger partial charge in [-0.05, 0) is 6.92 Å². The van der Waals surface area contributed by atoms with Crippen LogP contribution in [0.25, 0.3) is 0 Å². The number of hydrogen-bond acceptors (Lipinski definition) is 6. The molecule has 0 aromatic carbocycles. The lowest BCUT2D eigenvalue weighted by molar-refractivity contribution is -0.386. The van der Waals surface area contributed by atoms with Gasteiger partial charge in [0.1, 0.15) is 11.6 Å². The predicted octanol–water partition coefficient (Wildman–Crippen LogP) is 1.98. The molecule has 0 radical (unpaired) electrons. The van der Waals surface area contributed by atoms with Crippen LogP contribution in [0.15, 0.2) is 6.07 Å². The van der Waals surface area contributed by atoms with Crippen LogP contribution < -0.4 is 0 Å². The van der Waals surface area contributed by atoms with E-state index >= 15 is 0 Å². The minimum absolute atomic E-state index is 0.0336. The van der Waals surface area contributed by atoms with E-state index in [1.165, 1.54) is 13.0 Å². The molecule has 0 saturated heterocycles. The van der Waals surface area contributed by atoms with Crippen LogP contribution in [0.5, 0.6) is 0 Å². The molecule has 0 saturated carbocycles. The van der Waals surface area contributed by atoms with E-state index in [2.05, 4.69) is 9.72 Å². The zero-order valence-corrected chi connectivity index (χ0v) is 9.59. The third-order valence-electron chi connectivity index (χ3n) is 2.04. The third kappa shape index (κ3) is 2.98. The summed E-state index contributed by atoms with van der Waals surface area (Å²) in [5.41, 5.74) is -3.34. The summed E-state index contributed by atoms with van der Waals surface area (Å²) in [6.45, 7) is 1.45. The van der Waals surface area contributed by atoms with Gasteiger partial charge in [0.2, 0.25) is 0 Å². The van der Waals surface area contributed by atoms with Crippen molar-refractivity contribution < 1.29 is 23.2 Å². The standard InChI is InChI=1S/C10H7F2N3O4/c1-2-19-10(16)5-3-7(15(17)18)8(9(11)12)14-6(5)4-13/h3,9H,2H2,1H3. The molecule has 0 amide bonds. The van der Waals surface area contributed by atoms with E-state index in [4.69, 9.17) is 5.26 Å². The highest BCUT2D eigenvalue weighted by molar-refractivity contribution is 5.92.